The van der Waals surface area contributed by atoms with Crippen LogP contribution in [0.2, 0.25) is 0 Å². The van der Waals surface area contributed by atoms with E-state index in [0.29, 0.717) is 24.2 Å². The number of rotatable bonds is 7. The van der Waals surface area contributed by atoms with Crippen molar-refractivity contribution in [3.8, 4) is 0 Å². The molecule has 23 heavy (non-hydrogen) atoms. The fourth-order valence-electron chi connectivity index (χ4n) is 2.94. The van der Waals surface area contributed by atoms with E-state index in [4.69, 9.17) is 0 Å². The molecule has 0 aromatic heterocycles. The molecule has 1 heterocycles. The van der Waals surface area contributed by atoms with Crippen molar-refractivity contribution in [2.24, 2.45) is 0 Å². The monoisotopic (exact) mass is 338 g/mol. The first-order valence-electron chi connectivity index (χ1n) is 8.24. The molecule has 0 saturated heterocycles. The Hall–Kier alpha value is -1.56. The molecule has 1 amide bonds. The van der Waals surface area contributed by atoms with Gasteiger partial charge in [-0.1, -0.05) is 26.2 Å². The fraction of sp³-hybridized carbons (Fsp3) is 0.588. The van der Waals surface area contributed by atoms with Gasteiger partial charge in [0.2, 0.25) is 10.0 Å². The molecule has 0 radical (unpaired) electrons. The van der Waals surface area contributed by atoms with Gasteiger partial charge in [0.1, 0.15) is 0 Å². The van der Waals surface area contributed by atoms with Gasteiger partial charge >= 0.3 is 0 Å². The Bertz CT molecular complexity index is 670. The smallest absolute Gasteiger partial charge is 0.251 e. The highest BCUT2D eigenvalue weighted by molar-refractivity contribution is 7.92. The summed E-state index contributed by atoms with van der Waals surface area (Å²) in [6, 6.07) is 5.40. The minimum Gasteiger partial charge on any atom is -0.350 e. The van der Waals surface area contributed by atoms with Crippen molar-refractivity contribution < 1.29 is 13.2 Å². The van der Waals surface area contributed by atoms with Crippen LogP contribution in [-0.4, -0.2) is 33.2 Å². The van der Waals surface area contributed by atoms with E-state index in [1.807, 2.05) is 13.0 Å². The van der Waals surface area contributed by atoms with Crippen LogP contribution in [-0.2, 0) is 16.4 Å². The normalized spacial score (nSPS) is 15.3. The Balaban J connectivity index is 2.04. The number of carbonyl (C=O) groups excluding carboxylic acids is 1. The van der Waals surface area contributed by atoms with E-state index in [9.17, 15) is 13.2 Å². The first kappa shape index (κ1) is 17.8. The number of benzene rings is 1. The summed E-state index contributed by atoms with van der Waals surface area (Å²) in [6.07, 6.45) is 6.30. The van der Waals surface area contributed by atoms with Gasteiger partial charge < -0.3 is 5.32 Å². The van der Waals surface area contributed by atoms with Crippen molar-refractivity contribution in [2.45, 2.75) is 52.0 Å². The maximum absolute atomic E-state index is 12.3. The number of amides is 1. The number of hydrogen-bond donors (Lipinski definition) is 1. The molecule has 2 rings (SSSR count). The lowest BCUT2D eigenvalue weighted by Crippen LogP contribution is -2.32. The second kappa shape index (κ2) is 7.34. The number of hydrogen-bond acceptors (Lipinski definition) is 3. The molecule has 128 valence electrons. The standard InChI is InChI=1S/C17H26N2O3S/c1-4-5-6-7-13(2)18-17(20)15-8-9-16-14(12-15)10-11-19(16)23(3,21)22/h8-9,12-13H,4-7,10-11H2,1-3H3,(H,18,20). The van der Waals surface area contributed by atoms with Crippen molar-refractivity contribution in [3.63, 3.8) is 0 Å². The molecule has 1 N–H and O–H groups in total. The van der Waals surface area contributed by atoms with Gasteiger partial charge in [-0.2, -0.15) is 0 Å². The lowest BCUT2D eigenvalue weighted by atomic mass is 10.1. The summed E-state index contributed by atoms with van der Waals surface area (Å²) in [5.74, 6) is -0.0883. The van der Waals surface area contributed by atoms with Crippen LogP contribution in [0.4, 0.5) is 5.69 Å². The molecule has 1 aromatic rings. The van der Waals surface area contributed by atoms with E-state index in [-0.39, 0.29) is 11.9 Å². The lowest BCUT2D eigenvalue weighted by Gasteiger charge is -2.17. The SMILES string of the molecule is CCCCCC(C)NC(=O)c1ccc2c(c1)CCN2S(C)(=O)=O. The van der Waals surface area contributed by atoms with E-state index in [2.05, 4.69) is 12.2 Å². The third-order valence-corrected chi connectivity index (χ3v) is 5.39. The zero-order valence-electron chi connectivity index (χ0n) is 14.1. The van der Waals surface area contributed by atoms with Gasteiger partial charge in [-0.05, 0) is 43.5 Å². The van der Waals surface area contributed by atoms with Gasteiger partial charge in [-0.25, -0.2) is 8.42 Å². The number of sulfonamides is 1. The third-order valence-electron chi connectivity index (χ3n) is 4.21. The van der Waals surface area contributed by atoms with Gasteiger partial charge in [-0.15, -0.1) is 0 Å². The molecule has 1 unspecified atom stereocenters. The summed E-state index contributed by atoms with van der Waals surface area (Å²) in [4.78, 5) is 12.3. The summed E-state index contributed by atoms with van der Waals surface area (Å²) >= 11 is 0. The summed E-state index contributed by atoms with van der Waals surface area (Å²) < 4.78 is 24.9. The van der Waals surface area contributed by atoms with Crippen LogP contribution >= 0.6 is 0 Å². The zero-order chi connectivity index (χ0) is 17.0. The Morgan fingerprint density at radius 1 is 1.35 bits per heavy atom. The molecule has 0 aliphatic carbocycles. The van der Waals surface area contributed by atoms with Gasteiger partial charge in [-0.3, -0.25) is 9.10 Å². The number of carbonyl (C=O) groups is 1. The van der Waals surface area contributed by atoms with E-state index in [0.717, 1.165) is 18.4 Å². The Morgan fingerprint density at radius 2 is 2.09 bits per heavy atom. The molecular formula is C17H26N2O3S. The third kappa shape index (κ3) is 4.47. The second-order valence-corrected chi connectivity index (χ2v) is 8.21. The number of nitrogens with zero attached hydrogens (tertiary/aromatic N) is 1. The summed E-state index contributed by atoms with van der Waals surface area (Å²) in [5, 5.41) is 3.02. The van der Waals surface area contributed by atoms with Gasteiger partial charge in [0.15, 0.2) is 0 Å². The van der Waals surface area contributed by atoms with Crippen LogP contribution < -0.4 is 9.62 Å². The Morgan fingerprint density at radius 3 is 2.74 bits per heavy atom. The highest BCUT2D eigenvalue weighted by Crippen LogP contribution is 2.30. The van der Waals surface area contributed by atoms with Crippen LogP contribution in [0.15, 0.2) is 18.2 Å². The first-order chi connectivity index (χ1) is 10.8. The quantitative estimate of drug-likeness (QED) is 0.777. The number of fused-ring (bicyclic) bond motifs is 1. The molecule has 1 aliphatic heterocycles. The Labute approximate surface area is 139 Å². The van der Waals surface area contributed by atoms with Gasteiger partial charge in [0.25, 0.3) is 5.91 Å². The molecule has 0 bridgehead atoms. The largest absolute Gasteiger partial charge is 0.350 e. The average molecular weight is 338 g/mol. The van der Waals surface area contributed by atoms with E-state index in [1.165, 1.54) is 23.4 Å². The highest BCUT2D eigenvalue weighted by Gasteiger charge is 2.26. The number of anilines is 1. The first-order valence-corrected chi connectivity index (χ1v) is 10.1. The van der Waals surface area contributed by atoms with Crippen LogP contribution in [0.25, 0.3) is 0 Å². The van der Waals surface area contributed by atoms with Gasteiger partial charge in [0, 0.05) is 18.2 Å². The molecule has 6 heteroatoms. The molecule has 1 atom stereocenters. The van der Waals surface area contributed by atoms with E-state index >= 15 is 0 Å². The second-order valence-electron chi connectivity index (χ2n) is 6.30. The molecule has 0 saturated carbocycles. The van der Waals surface area contributed by atoms with Crippen molar-refractivity contribution in [2.75, 3.05) is 17.1 Å². The molecule has 1 aromatic carbocycles. The topological polar surface area (TPSA) is 66.5 Å². The Kier molecular flexibility index (Phi) is 5.68. The van der Waals surface area contributed by atoms with Crippen molar-refractivity contribution in [1.29, 1.82) is 0 Å². The van der Waals surface area contributed by atoms with Crippen LogP contribution in [0, 0.1) is 0 Å². The predicted molar refractivity (Wildman–Crippen MR) is 93.4 cm³/mol. The van der Waals surface area contributed by atoms with Crippen LogP contribution in [0.1, 0.15) is 55.5 Å². The summed E-state index contributed by atoms with van der Waals surface area (Å²) in [5.41, 5.74) is 2.21. The summed E-state index contributed by atoms with van der Waals surface area (Å²) in [6.45, 7) is 4.63. The maximum atomic E-state index is 12.3. The number of nitrogens with one attached hydrogen (secondary N) is 1. The number of unbranched alkanes of at least 4 members (excludes halogenated alkanes) is 2. The minimum absolute atomic E-state index is 0.0883. The molecule has 0 fully saturated rings. The molecule has 0 spiro atoms. The van der Waals surface area contributed by atoms with Gasteiger partial charge in [0.05, 0.1) is 11.9 Å². The van der Waals surface area contributed by atoms with Crippen molar-refractivity contribution >= 4 is 21.6 Å². The fourth-order valence-corrected chi connectivity index (χ4v) is 3.90. The summed E-state index contributed by atoms with van der Waals surface area (Å²) in [7, 11) is -3.25. The van der Waals surface area contributed by atoms with Crippen molar-refractivity contribution in [3.05, 3.63) is 29.3 Å². The average Bonchev–Trinajstić information content (AvgIpc) is 2.90. The van der Waals surface area contributed by atoms with Crippen LogP contribution in [0.3, 0.4) is 0 Å². The molecule has 5 nitrogen and oxygen atoms in total. The van der Waals surface area contributed by atoms with Crippen molar-refractivity contribution in [1.82, 2.24) is 5.32 Å². The predicted octanol–water partition coefficient (Wildman–Crippen LogP) is 2.71. The van der Waals surface area contributed by atoms with Crippen LogP contribution in [0.5, 0.6) is 0 Å². The lowest BCUT2D eigenvalue weighted by molar-refractivity contribution is 0.0938. The zero-order valence-corrected chi connectivity index (χ0v) is 14.9. The molecule has 1 aliphatic rings. The molecular weight excluding hydrogens is 312 g/mol. The van der Waals surface area contributed by atoms with E-state index in [1.54, 1.807) is 12.1 Å². The highest BCUT2D eigenvalue weighted by atomic mass is 32.2. The maximum Gasteiger partial charge on any atom is 0.251 e. The minimum atomic E-state index is -3.25. The van der Waals surface area contributed by atoms with E-state index < -0.39 is 10.0 Å².